The Morgan fingerprint density at radius 3 is 1.95 bits per heavy atom. The first kappa shape index (κ1) is 16.5. The van der Waals surface area contributed by atoms with Crippen LogP contribution in [0.1, 0.15) is 13.3 Å². The molecule has 5 nitrogen and oxygen atoms in total. The van der Waals surface area contributed by atoms with Crippen molar-refractivity contribution in [3.05, 3.63) is 0 Å². The Balaban J connectivity index is 3.23. The minimum atomic E-state index is -6.06. The lowest BCUT2D eigenvalue weighted by molar-refractivity contribution is -0.444. The molecule has 1 aliphatic rings. The zero-order chi connectivity index (χ0) is 16.0. The number of alkyl halides is 6. The molecule has 1 atom stereocenters. The summed E-state index contributed by atoms with van der Waals surface area (Å²) in [4.78, 5) is 22.3. The van der Waals surface area contributed by atoms with Crippen LogP contribution in [0.4, 0.5) is 26.3 Å². The Labute approximate surface area is 107 Å². The van der Waals surface area contributed by atoms with Gasteiger partial charge in [-0.15, -0.1) is 0 Å². The Hall–Kier alpha value is -1.52. The van der Waals surface area contributed by atoms with Crippen LogP contribution < -0.4 is 0 Å². The number of esters is 2. The monoisotopic (exact) mass is 310 g/mol. The zero-order valence-corrected chi connectivity index (χ0v) is 10.0. The predicted molar refractivity (Wildman–Crippen MR) is 47.1 cm³/mol. The van der Waals surface area contributed by atoms with Crippen LogP contribution in [0.25, 0.3) is 0 Å². The maximum absolute atomic E-state index is 12.6. The van der Waals surface area contributed by atoms with Crippen LogP contribution in [0.3, 0.4) is 0 Å². The fraction of sp³-hybridized carbons (Fsp3) is 0.778. The third-order valence-corrected chi connectivity index (χ3v) is 2.49. The number of cyclic esters (lactones) is 1. The Morgan fingerprint density at radius 1 is 1.20 bits per heavy atom. The first-order chi connectivity index (χ1) is 8.79. The first-order valence-corrected chi connectivity index (χ1v) is 4.93. The molecule has 1 heterocycles. The molecule has 1 saturated heterocycles. The summed E-state index contributed by atoms with van der Waals surface area (Å²) in [7, 11) is 0.840. The van der Waals surface area contributed by atoms with Crippen molar-refractivity contribution in [2.24, 2.45) is 0 Å². The van der Waals surface area contributed by atoms with Crippen LogP contribution in [0, 0.1) is 0 Å². The third kappa shape index (κ3) is 2.41. The van der Waals surface area contributed by atoms with Crippen LogP contribution in [-0.2, 0) is 23.8 Å². The minimum Gasteiger partial charge on any atom is -0.469 e. The molecule has 0 saturated carbocycles. The zero-order valence-electron chi connectivity index (χ0n) is 10.0. The summed E-state index contributed by atoms with van der Waals surface area (Å²) in [6.07, 6.45) is -13.3. The van der Waals surface area contributed by atoms with Gasteiger partial charge in [0.1, 0.15) is 0 Å². The number of hydrogen-bond acceptors (Lipinski definition) is 5. The maximum atomic E-state index is 12.6. The molecule has 1 unspecified atom stereocenters. The van der Waals surface area contributed by atoms with E-state index in [-0.39, 0.29) is 0 Å². The van der Waals surface area contributed by atoms with Gasteiger partial charge >= 0.3 is 30.1 Å². The molecule has 0 bridgehead atoms. The third-order valence-electron chi connectivity index (χ3n) is 2.49. The van der Waals surface area contributed by atoms with Gasteiger partial charge in [-0.3, -0.25) is 4.79 Å². The predicted octanol–water partition coefficient (Wildman–Crippen LogP) is 1.70. The molecule has 0 aromatic heterocycles. The van der Waals surface area contributed by atoms with Gasteiger partial charge < -0.3 is 14.2 Å². The van der Waals surface area contributed by atoms with E-state index < -0.39 is 42.1 Å². The van der Waals surface area contributed by atoms with Gasteiger partial charge in [0, 0.05) is 0 Å². The fourth-order valence-corrected chi connectivity index (χ4v) is 1.47. The summed E-state index contributed by atoms with van der Waals surface area (Å²) in [5.74, 6) is -8.29. The van der Waals surface area contributed by atoms with E-state index in [2.05, 4.69) is 14.2 Å². The van der Waals surface area contributed by atoms with Crippen molar-refractivity contribution in [2.75, 3.05) is 7.11 Å². The average molecular weight is 310 g/mol. The second-order valence-corrected chi connectivity index (χ2v) is 4.09. The van der Waals surface area contributed by atoms with Gasteiger partial charge in [0.05, 0.1) is 13.5 Å². The van der Waals surface area contributed by atoms with E-state index in [1.54, 1.807) is 0 Å². The largest absolute Gasteiger partial charge is 0.469 e. The van der Waals surface area contributed by atoms with Gasteiger partial charge in [-0.05, 0) is 6.92 Å². The van der Waals surface area contributed by atoms with E-state index >= 15 is 0 Å². The van der Waals surface area contributed by atoms with E-state index in [0.717, 1.165) is 7.11 Å². The molecule has 1 aliphatic heterocycles. The second kappa shape index (κ2) is 4.50. The van der Waals surface area contributed by atoms with Crippen molar-refractivity contribution in [3.8, 4) is 0 Å². The average Bonchev–Trinajstić information content (AvgIpc) is 2.51. The number of rotatable bonds is 2. The Bertz CT molecular complexity index is 414. The molecule has 11 heteroatoms. The quantitative estimate of drug-likeness (QED) is 0.574. The standard InChI is InChI=1S/C9H8F6O5/c1-6(3-4(16)18-2)5(17)19-7(20-6,8(10,11)12)9(13,14)15/h3H2,1-2H3. The van der Waals surface area contributed by atoms with Gasteiger partial charge in [0.15, 0.2) is 5.60 Å². The normalized spacial score (nSPS) is 26.3. The minimum absolute atomic E-state index is 0.575. The van der Waals surface area contributed by atoms with Gasteiger partial charge in [-0.25, -0.2) is 4.79 Å². The summed E-state index contributed by atoms with van der Waals surface area (Å²) in [6.45, 7) is 0.575. The lowest BCUT2D eigenvalue weighted by atomic mass is 10.0. The molecular weight excluding hydrogens is 302 g/mol. The second-order valence-electron chi connectivity index (χ2n) is 4.09. The van der Waals surface area contributed by atoms with Crippen molar-refractivity contribution < 1.29 is 50.1 Å². The highest BCUT2D eigenvalue weighted by Crippen LogP contribution is 2.53. The molecule has 0 amide bonds. The van der Waals surface area contributed by atoms with E-state index in [1.165, 1.54) is 0 Å². The summed E-state index contributed by atoms with van der Waals surface area (Å²) in [5.41, 5.74) is -2.75. The number of hydrogen-bond donors (Lipinski definition) is 0. The topological polar surface area (TPSA) is 61.8 Å². The van der Waals surface area contributed by atoms with Crippen LogP contribution in [0.2, 0.25) is 0 Å². The van der Waals surface area contributed by atoms with E-state index in [9.17, 15) is 35.9 Å². The van der Waals surface area contributed by atoms with E-state index in [1.807, 2.05) is 0 Å². The highest BCUT2D eigenvalue weighted by Gasteiger charge is 2.82. The molecule has 116 valence electrons. The molecule has 0 N–H and O–H groups in total. The molecule has 1 fully saturated rings. The molecule has 0 spiro atoms. The van der Waals surface area contributed by atoms with Crippen LogP contribution in [0.5, 0.6) is 0 Å². The number of carbonyl (C=O) groups excluding carboxylic acids is 2. The summed E-state index contributed by atoms with van der Waals surface area (Å²) in [6, 6.07) is 0. The Morgan fingerprint density at radius 2 is 1.65 bits per heavy atom. The van der Waals surface area contributed by atoms with Crippen molar-refractivity contribution >= 4 is 11.9 Å². The molecule has 0 aromatic rings. The maximum Gasteiger partial charge on any atom is 0.465 e. The summed E-state index contributed by atoms with van der Waals surface area (Å²) in [5, 5.41) is 0. The lowest BCUT2D eigenvalue weighted by Gasteiger charge is -2.31. The summed E-state index contributed by atoms with van der Waals surface area (Å²) >= 11 is 0. The van der Waals surface area contributed by atoms with Gasteiger partial charge in [0.25, 0.3) is 0 Å². The molecule has 0 radical (unpaired) electrons. The van der Waals surface area contributed by atoms with Crippen molar-refractivity contribution in [3.63, 3.8) is 0 Å². The fourth-order valence-electron chi connectivity index (χ4n) is 1.47. The van der Waals surface area contributed by atoms with Gasteiger partial charge in [-0.2, -0.15) is 26.3 Å². The van der Waals surface area contributed by atoms with Crippen molar-refractivity contribution in [1.82, 2.24) is 0 Å². The van der Waals surface area contributed by atoms with Crippen molar-refractivity contribution in [1.29, 1.82) is 0 Å². The Kier molecular flexibility index (Phi) is 3.72. The molecule has 1 rings (SSSR count). The molecule has 20 heavy (non-hydrogen) atoms. The highest BCUT2D eigenvalue weighted by atomic mass is 19.4. The number of ether oxygens (including phenoxy) is 3. The van der Waals surface area contributed by atoms with Gasteiger partial charge in [0.2, 0.25) is 0 Å². The lowest BCUT2D eigenvalue weighted by Crippen LogP contribution is -2.58. The van der Waals surface area contributed by atoms with E-state index in [4.69, 9.17) is 0 Å². The molecule has 0 aromatic carbocycles. The molecular formula is C9H8F6O5. The SMILES string of the molecule is COC(=O)CC1(C)OC(C(F)(F)F)(C(F)(F)F)OC1=O. The van der Waals surface area contributed by atoms with Crippen LogP contribution in [0.15, 0.2) is 0 Å². The van der Waals surface area contributed by atoms with Crippen LogP contribution >= 0.6 is 0 Å². The molecule has 0 aliphatic carbocycles. The van der Waals surface area contributed by atoms with E-state index in [0.29, 0.717) is 6.92 Å². The summed E-state index contributed by atoms with van der Waals surface area (Å²) < 4.78 is 87.0. The van der Waals surface area contributed by atoms with Crippen molar-refractivity contribution in [2.45, 2.75) is 37.1 Å². The van der Waals surface area contributed by atoms with Crippen LogP contribution in [-0.4, -0.2) is 42.8 Å². The number of carbonyl (C=O) groups is 2. The number of methoxy groups -OCH3 is 1. The highest BCUT2D eigenvalue weighted by molar-refractivity contribution is 5.87. The smallest absolute Gasteiger partial charge is 0.465 e. The van der Waals surface area contributed by atoms with Gasteiger partial charge in [-0.1, -0.05) is 0 Å². The number of halogens is 6. The first-order valence-electron chi connectivity index (χ1n) is 4.93.